The average Bonchev–Trinajstić information content (AvgIpc) is 3.72. The highest BCUT2D eigenvalue weighted by Crippen LogP contribution is 2.47. The molecule has 1 unspecified atom stereocenters. The molecule has 2 aromatic heterocycles. The summed E-state index contributed by atoms with van der Waals surface area (Å²) in [6.07, 6.45) is 3.44. The first-order valence-corrected chi connectivity index (χ1v) is 15.4. The minimum absolute atomic E-state index is 0.0570. The van der Waals surface area contributed by atoms with Gasteiger partial charge in [-0.05, 0) is 55.7 Å². The van der Waals surface area contributed by atoms with Crippen LogP contribution in [0.4, 0.5) is 5.82 Å². The molecule has 1 aliphatic rings. The van der Waals surface area contributed by atoms with Gasteiger partial charge in [0.1, 0.15) is 11.6 Å². The molecule has 2 N–H and O–H groups in total. The summed E-state index contributed by atoms with van der Waals surface area (Å²) in [7, 11) is -2.23. The molecule has 0 radical (unpaired) electrons. The Hall–Kier alpha value is -4.18. The van der Waals surface area contributed by atoms with Crippen molar-refractivity contribution in [1.82, 2.24) is 10.3 Å². The number of sulfonamides is 1. The summed E-state index contributed by atoms with van der Waals surface area (Å²) in [5.41, 5.74) is 3.70. The Morgan fingerprint density at radius 1 is 1.12 bits per heavy atom. The number of carbonyl (C=O) groups is 2. The van der Waals surface area contributed by atoms with E-state index < -0.39 is 21.9 Å². The fourth-order valence-corrected chi connectivity index (χ4v) is 6.09. The number of hydrogen-bond donors (Lipinski definition) is 2. The number of nitrogens with zero attached hydrogens (tertiary/aromatic N) is 2. The Morgan fingerprint density at radius 2 is 1.80 bits per heavy atom. The number of nitrogens with one attached hydrogen (secondary N) is 1. The van der Waals surface area contributed by atoms with Gasteiger partial charge in [0, 0.05) is 19.2 Å². The van der Waals surface area contributed by atoms with Crippen molar-refractivity contribution in [2.75, 3.05) is 24.2 Å². The van der Waals surface area contributed by atoms with Gasteiger partial charge in [-0.2, -0.15) is 4.98 Å². The lowest BCUT2D eigenvalue weighted by molar-refractivity contribution is -0.139. The molecule has 0 aliphatic heterocycles. The number of fused-ring (bicyclic) bond motifs is 1. The van der Waals surface area contributed by atoms with Gasteiger partial charge in [-0.15, -0.1) is 0 Å². The molecule has 1 fully saturated rings. The van der Waals surface area contributed by atoms with Gasteiger partial charge in [-0.3, -0.25) is 13.9 Å². The Morgan fingerprint density at radius 3 is 2.39 bits per heavy atom. The molecule has 4 aromatic rings. The van der Waals surface area contributed by atoms with Crippen LogP contribution in [0.15, 0.2) is 65.1 Å². The van der Waals surface area contributed by atoms with Gasteiger partial charge in [-0.1, -0.05) is 60.2 Å². The van der Waals surface area contributed by atoms with Crippen LogP contribution in [0, 0.1) is 6.92 Å². The number of rotatable bonds is 11. The summed E-state index contributed by atoms with van der Waals surface area (Å²) >= 11 is 0. The first-order valence-electron chi connectivity index (χ1n) is 13.6. The molecule has 2 aromatic carbocycles. The number of amides is 1. The highest BCUT2D eigenvalue weighted by molar-refractivity contribution is 7.92. The van der Waals surface area contributed by atoms with Gasteiger partial charge in [0.15, 0.2) is 0 Å². The second kappa shape index (κ2) is 11.4. The number of aryl methyl sites for hydroxylation is 1. The number of anilines is 1. The maximum atomic E-state index is 13.1. The smallest absolute Gasteiger partial charge is 0.310 e. The standard InChI is InChI=1S/C31H33N3O6S/c1-19-11-13-22(14-12-19)27-26(29(35)32-2)25-18-24(21-15-16-21)28(33-30(25)40-27)34(41(3,38)39)17-7-10-23(31(36)37)20-8-5-4-6-9-20/h4-6,8-9,11-14,18,21,23H,7,10,15-17H2,1-3H3,(H,32,35)(H,36,37). The summed E-state index contributed by atoms with van der Waals surface area (Å²) < 4.78 is 33.6. The normalized spacial score (nSPS) is 14.1. The second-order valence-corrected chi connectivity index (χ2v) is 12.5. The van der Waals surface area contributed by atoms with E-state index in [2.05, 4.69) is 5.32 Å². The number of carboxylic acids is 1. The number of hydrogen-bond acceptors (Lipinski definition) is 6. The molecule has 0 bridgehead atoms. The van der Waals surface area contributed by atoms with Gasteiger partial charge in [0.2, 0.25) is 15.7 Å². The number of aliphatic carboxylic acids is 1. The monoisotopic (exact) mass is 575 g/mol. The first kappa shape index (κ1) is 28.4. The van der Waals surface area contributed by atoms with Crippen molar-refractivity contribution in [2.45, 2.75) is 44.4 Å². The van der Waals surface area contributed by atoms with Crippen molar-refractivity contribution in [3.8, 4) is 11.3 Å². The molecular weight excluding hydrogens is 542 g/mol. The van der Waals surface area contributed by atoms with Gasteiger partial charge in [0.05, 0.1) is 23.1 Å². The lowest BCUT2D eigenvalue weighted by atomic mass is 9.94. The van der Waals surface area contributed by atoms with E-state index in [9.17, 15) is 23.1 Å². The molecule has 1 atom stereocenters. The van der Waals surface area contributed by atoms with Crippen molar-refractivity contribution in [3.05, 3.63) is 82.9 Å². The van der Waals surface area contributed by atoms with E-state index in [1.165, 1.54) is 4.31 Å². The predicted molar refractivity (Wildman–Crippen MR) is 158 cm³/mol. The Labute approximate surface area is 239 Å². The fourth-order valence-electron chi connectivity index (χ4n) is 5.17. The van der Waals surface area contributed by atoms with Crippen LogP contribution >= 0.6 is 0 Å². The van der Waals surface area contributed by atoms with Crippen LogP contribution in [0.25, 0.3) is 22.4 Å². The average molecular weight is 576 g/mol. The number of carbonyl (C=O) groups excluding carboxylic acids is 1. The quantitative estimate of drug-likeness (QED) is 0.243. The third-order valence-electron chi connectivity index (χ3n) is 7.47. The maximum absolute atomic E-state index is 13.1. The number of pyridine rings is 1. The maximum Gasteiger partial charge on any atom is 0.310 e. The molecule has 214 valence electrons. The zero-order valence-electron chi connectivity index (χ0n) is 23.3. The van der Waals surface area contributed by atoms with Crippen LogP contribution in [0.3, 0.4) is 0 Å². The van der Waals surface area contributed by atoms with E-state index >= 15 is 0 Å². The topological polar surface area (TPSA) is 130 Å². The van der Waals surface area contributed by atoms with E-state index in [0.29, 0.717) is 34.3 Å². The predicted octanol–water partition coefficient (Wildman–Crippen LogP) is 5.45. The van der Waals surface area contributed by atoms with Gasteiger partial charge >= 0.3 is 5.97 Å². The van der Waals surface area contributed by atoms with E-state index in [0.717, 1.165) is 30.2 Å². The molecule has 5 rings (SSSR count). The lowest BCUT2D eigenvalue weighted by Gasteiger charge is -2.24. The summed E-state index contributed by atoms with van der Waals surface area (Å²) in [6.45, 7) is 2.03. The molecule has 1 aliphatic carbocycles. The first-order chi connectivity index (χ1) is 19.6. The van der Waals surface area contributed by atoms with Crippen LogP contribution in [0.2, 0.25) is 0 Å². The van der Waals surface area contributed by atoms with Crippen LogP contribution in [-0.2, 0) is 14.8 Å². The third-order valence-corrected chi connectivity index (χ3v) is 8.62. The van der Waals surface area contributed by atoms with Gasteiger partial charge in [0.25, 0.3) is 5.91 Å². The van der Waals surface area contributed by atoms with Crippen molar-refractivity contribution in [3.63, 3.8) is 0 Å². The summed E-state index contributed by atoms with van der Waals surface area (Å²) in [6, 6.07) is 18.4. The zero-order valence-corrected chi connectivity index (χ0v) is 24.1. The number of aromatic nitrogens is 1. The Kier molecular flexibility index (Phi) is 7.86. The molecule has 9 nitrogen and oxygen atoms in total. The Bertz CT molecular complexity index is 1690. The number of furan rings is 1. The molecule has 41 heavy (non-hydrogen) atoms. The third kappa shape index (κ3) is 5.97. The van der Waals surface area contributed by atoms with Crippen molar-refractivity contribution >= 4 is 38.8 Å². The minimum atomic E-state index is -3.78. The van der Waals surface area contributed by atoms with Gasteiger partial charge < -0.3 is 14.8 Å². The zero-order chi connectivity index (χ0) is 29.3. The van der Waals surface area contributed by atoms with E-state index in [1.807, 2.05) is 43.3 Å². The van der Waals surface area contributed by atoms with Crippen LogP contribution in [-0.4, -0.2) is 50.2 Å². The molecule has 2 heterocycles. The van der Waals surface area contributed by atoms with Crippen molar-refractivity contribution < 1.29 is 27.5 Å². The van der Waals surface area contributed by atoms with Gasteiger partial charge in [-0.25, -0.2) is 8.42 Å². The number of benzene rings is 2. The molecule has 1 amide bonds. The van der Waals surface area contributed by atoms with E-state index in [1.54, 1.807) is 31.3 Å². The highest BCUT2D eigenvalue weighted by Gasteiger charge is 2.34. The highest BCUT2D eigenvalue weighted by atomic mass is 32.2. The fraction of sp³-hybridized carbons (Fsp3) is 0.323. The molecule has 10 heteroatoms. The lowest BCUT2D eigenvalue weighted by Crippen LogP contribution is -2.33. The van der Waals surface area contributed by atoms with E-state index in [4.69, 9.17) is 9.40 Å². The molecule has 0 saturated heterocycles. The van der Waals surface area contributed by atoms with Crippen LogP contribution < -0.4 is 9.62 Å². The SMILES string of the molecule is CNC(=O)c1c(-c2ccc(C)cc2)oc2nc(N(CCCC(C(=O)O)c3ccccc3)S(C)(=O)=O)c(C3CC3)cc12. The summed E-state index contributed by atoms with van der Waals surface area (Å²) in [5, 5.41) is 13.0. The van der Waals surface area contributed by atoms with E-state index in [-0.39, 0.29) is 36.3 Å². The van der Waals surface area contributed by atoms with Crippen LogP contribution in [0.5, 0.6) is 0 Å². The molecule has 1 saturated carbocycles. The Balaban J connectivity index is 1.56. The number of carboxylic acid groups (broad SMARTS) is 1. The second-order valence-electron chi connectivity index (χ2n) is 10.6. The van der Waals surface area contributed by atoms with Crippen molar-refractivity contribution in [2.24, 2.45) is 0 Å². The summed E-state index contributed by atoms with van der Waals surface area (Å²) in [5.74, 6) is -1.30. The van der Waals surface area contributed by atoms with Crippen molar-refractivity contribution in [1.29, 1.82) is 0 Å². The molecular formula is C31H33N3O6S. The molecule has 0 spiro atoms. The minimum Gasteiger partial charge on any atom is -0.481 e. The van der Waals surface area contributed by atoms with Crippen LogP contribution in [0.1, 0.15) is 64.6 Å². The summed E-state index contributed by atoms with van der Waals surface area (Å²) in [4.78, 5) is 29.8. The largest absolute Gasteiger partial charge is 0.481 e.